The van der Waals surface area contributed by atoms with Crippen LogP contribution in [0.5, 0.6) is 0 Å². The van der Waals surface area contributed by atoms with E-state index in [-0.39, 0.29) is 0 Å². The number of alkyl halides is 3. The van der Waals surface area contributed by atoms with Gasteiger partial charge in [0.25, 0.3) is 0 Å². The van der Waals surface area contributed by atoms with E-state index >= 15 is 0 Å². The number of unbranched alkanes of at least 4 members (excludes halogenated alkanes) is 1. The molecule has 0 bridgehead atoms. The average molecular weight is 363 g/mol. The van der Waals surface area contributed by atoms with Gasteiger partial charge in [-0.25, -0.2) is 21.4 Å². The van der Waals surface area contributed by atoms with Gasteiger partial charge in [-0.3, -0.25) is 0 Å². The van der Waals surface area contributed by atoms with E-state index < -0.39 is 23.5 Å². The van der Waals surface area contributed by atoms with Gasteiger partial charge in [0.2, 0.25) is 9.15 Å². The fraction of sp³-hybridized carbons (Fsp3) is 0.545. The molecule has 1 aromatic rings. The van der Waals surface area contributed by atoms with E-state index in [1.54, 1.807) is 0 Å². The minimum absolute atomic E-state index is 1.15. The second kappa shape index (κ2) is 7.88. The topological polar surface area (TPSA) is 95.2 Å². The molecule has 0 saturated carbocycles. The summed E-state index contributed by atoms with van der Waals surface area (Å²) in [5.41, 5.74) is -4.71. The third-order valence-electron chi connectivity index (χ3n) is 2.33. The van der Waals surface area contributed by atoms with Crippen LogP contribution in [-0.4, -0.2) is 26.9 Å². The van der Waals surface area contributed by atoms with Gasteiger partial charge in [0, 0.05) is 18.1 Å². The highest BCUT2D eigenvalue weighted by atomic mass is 33.2. The first-order chi connectivity index (χ1) is 9.83. The van der Waals surface area contributed by atoms with Crippen LogP contribution in [-0.2, 0) is 24.6 Å². The molecule has 0 aromatic carbocycles. The Hall–Kier alpha value is -1.20. The summed E-state index contributed by atoms with van der Waals surface area (Å²) in [5.74, 6) is 0. The minimum Gasteiger partial charge on any atom is -0.735 e. The summed E-state index contributed by atoms with van der Waals surface area (Å²) in [5, 5.41) is 0. The number of halogens is 3. The Morgan fingerprint density at radius 1 is 1.23 bits per heavy atom. The van der Waals surface area contributed by atoms with Gasteiger partial charge >= 0.3 is 14.4 Å². The summed E-state index contributed by atoms with van der Waals surface area (Å²) < 4.78 is 83.3. The predicted octanol–water partition coefficient (Wildman–Crippen LogP) is 1.46. The zero-order chi connectivity index (χ0) is 17.6. The van der Waals surface area contributed by atoms with E-state index in [0.29, 0.717) is 0 Å². The summed E-state index contributed by atoms with van der Waals surface area (Å²) in [4.78, 5) is 0. The zero-order valence-electron chi connectivity index (χ0n) is 11.9. The van der Waals surface area contributed by atoms with Crippen molar-refractivity contribution in [1.82, 2.24) is 0 Å². The molecule has 0 atom stereocenters. The first kappa shape index (κ1) is 20.8. The lowest BCUT2D eigenvalue weighted by molar-refractivity contribution is -0.697. The average Bonchev–Trinajstić information content (AvgIpc) is 2.34. The van der Waals surface area contributed by atoms with Crippen LogP contribution in [0.25, 0.3) is 0 Å². The van der Waals surface area contributed by atoms with Crippen LogP contribution in [0, 0.1) is 6.92 Å². The lowest BCUT2D eigenvalue weighted by atomic mass is 10.3. The summed E-state index contributed by atoms with van der Waals surface area (Å²) >= 11 is 0. The standard InChI is InChI=1S/C10H16N.CHF3O5S2/c1-3-4-7-11-8-5-6-10(2)9-11;2-1(3,4)10(5,6)11(7,8)9/h5-6,8-9H,3-4,7H2,1-2H3;(H,7,8,9)/q+1;/p-1. The maximum absolute atomic E-state index is 11.2. The molecule has 0 amide bonds. The lowest BCUT2D eigenvalue weighted by Crippen LogP contribution is -2.32. The first-order valence-corrected chi connectivity index (χ1v) is 9.46. The normalized spacial score (nSPS) is 12.5. The lowest BCUT2D eigenvalue weighted by Gasteiger charge is -2.09. The van der Waals surface area contributed by atoms with E-state index in [4.69, 9.17) is 0 Å². The molecular formula is C11H16F3NO5S2. The summed E-state index contributed by atoms with van der Waals surface area (Å²) in [6.45, 7) is 5.50. The van der Waals surface area contributed by atoms with Crippen molar-refractivity contribution >= 4 is 18.0 Å². The highest BCUT2D eigenvalue weighted by Gasteiger charge is 2.50. The molecule has 1 heterocycles. The van der Waals surface area contributed by atoms with E-state index in [1.165, 1.54) is 18.4 Å². The van der Waals surface area contributed by atoms with Crippen molar-refractivity contribution in [3.63, 3.8) is 0 Å². The molecule has 22 heavy (non-hydrogen) atoms. The van der Waals surface area contributed by atoms with Gasteiger partial charge in [-0.2, -0.15) is 13.2 Å². The van der Waals surface area contributed by atoms with Crippen LogP contribution in [0.4, 0.5) is 13.2 Å². The van der Waals surface area contributed by atoms with Crippen LogP contribution in [0.2, 0.25) is 0 Å². The maximum Gasteiger partial charge on any atom is 0.510 e. The molecule has 0 radical (unpaired) electrons. The molecule has 1 rings (SSSR count). The number of aromatic nitrogens is 1. The quantitative estimate of drug-likeness (QED) is 0.458. The van der Waals surface area contributed by atoms with Crippen molar-refractivity contribution in [3.8, 4) is 0 Å². The van der Waals surface area contributed by atoms with E-state index in [2.05, 4.69) is 42.9 Å². The van der Waals surface area contributed by atoms with Gasteiger partial charge in [-0.05, 0) is 13.0 Å². The fourth-order valence-corrected chi connectivity index (χ4v) is 2.17. The number of rotatable bonds is 4. The van der Waals surface area contributed by atoms with Gasteiger partial charge < -0.3 is 4.55 Å². The van der Waals surface area contributed by atoms with Crippen molar-refractivity contribution in [2.24, 2.45) is 0 Å². The maximum atomic E-state index is 11.2. The molecule has 0 fully saturated rings. The van der Waals surface area contributed by atoms with Crippen LogP contribution >= 0.6 is 0 Å². The minimum atomic E-state index is -6.60. The van der Waals surface area contributed by atoms with Crippen molar-refractivity contribution < 1.29 is 39.1 Å². The Labute approximate surface area is 126 Å². The van der Waals surface area contributed by atoms with Crippen molar-refractivity contribution in [2.75, 3.05) is 0 Å². The number of hydrogen-bond donors (Lipinski definition) is 0. The molecular weight excluding hydrogens is 347 g/mol. The molecule has 0 spiro atoms. The summed E-state index contributed by atoms with van der Waals surface area (Å²) in [6, 6.07) is 4.23. The number of aryl methyl sites for hydroxylation is 2. The SMILES string of the molecule is CCCC[n+]1cccc(C)c1.O=S(=O)([O-])S(=O)(=O)C(F)(F)F. The van der Waals surface area contributed by atoms with Gasteiger partial charge in [-0.1, -0.05) is 13.3 Å². The smallest absolute Gasteiger partial charge is 0.510 e. The third kappa shape index (κ3) is 6.28. The Morgan fingerprint density at radius 2 is 1.77 bits per heavy atom. The van der Waals surface area contributed by atoms with Crippen LogP contribution in [0.15, 0.2) is 24.5 Å². The van der Waals surface area contributed by atoms with Gasteiger partial charge in [0.15, 0.2) is 12.4 Å². The third-order valence-corrected chi connectivity index (χ3v) is 5.61. The van der Waals surface area contributed by atoms with E-state index in [9.17, 15) is 34.6 Å². The van der Waals surface area contributed by atoms with Gasteiger partial charge in [-0.15, -0.1) is 0 Å². The second-order valence-corrected chi connectivity index (χ2v) is 9.01. The number of nitrogens with zero attached hydrogens (tertiary/aromatic N) is 1. The molecule has 11 heteroatoms. The molecule has 0 N–H and O–H groups in total. The highest BCUT2D eigenvalue weighted by Crippen LogP contribution is 2.26. The number of hydrogen-bond acceptors (Lipinski definition) is 5. The highest BCUT2D eigenvalue weighted by molar-refractivity contribution is 8.65. The monoisotopic (exact) mass is 363 g/mol. The number of pyridine rings is 1. The Bertz CT molecular complexity index is 684. The zero-order valence-corrected chi connectivity index (χ0v) is 13.5. The van der Waals surface area contributed by atoms with Crippen LogP contribution in [0.3, 0.4) is 0 Å². The molecule has 128 valence electrons. The van der Waals surface area contributed by atoms with E-state index in [0.717, 1.165) is 6.54 Å². The molecule has 0 aliphatic heterocycles. The van der Waals surface area contributed by atoms with Crippen LogP contribution in [0.1, 0.15) is 25.3 Å². The second-order valence-electron chi connectivity index (χ2n) is 4.28. The largest absolute Gasteiger partial charge is 0.735 e. The molecule has 1 aromatic heterocycles. The van der Waals surface area contributed by atoms with Crippen molar-refractivity contribution in [1.29, 1.82) is 0 Å². The Kier molecular flexibility index (Phi) is 7.45. The molecule has 6 nitrogen and oxygen atoms in total. The van der Waals surface area contributed by atoms with Crippen molar-refractivity contribution in [2.45, 2.75) is 38.7 Å². The van der Waals surface area contributed by atoms with Gasteiger partial charge in [0.05, 0.1) is 0 Å². The fourth-order valence-electron chi connectivity index (χ4n) is 1.25. The Morgan fingerprint density at radius 3 is 2.09 bits per heavy atom. The molecule has 0 aliphatic carbocycles. The van der Waals surface area contributed by atoms with Gasteiger partial charge in [0.1, 0.15) is 6.54 Å². The summed E-state index contributed by atoms with van der Waals surface area (Å²) in [7, 11) is -13.0. The molecule has 0 unspecified atom stereocenters. The molecule has 0 saturated heterocycles. The van der Waals surface area contributed by atoms with Crippen LogP contribution < -0.4 is 4.57 Å². The van der Waals surface area contributed by atoms with Crippen molar-refractivity contribution in [3.05, 3.63) is 30.1 Å². The first-order valence-electron chi connectivity index (χ1n) is 6.05. The Balaban J connectivity index is 0.000000401. The van der Waals surface area contributed by atoms with E-state index in [1.807, 2.05) is 0 Å². The molecule has 0 aliphatic rings. The summed E-state index contributed by atoms with van der Waals surface area (Å²) in [6.07, 6.45) is 6.85. The predicted molar refractivity (Wildman–Crippen MR) is 71.0 cm³/mol.